The van der Waals surface area contributed by atoms with Crippen molar-refractivity contribution in [2.24, 2.45) is 0 Å². The van der Waals surface area contributed by atoms with Crippen molar-refractivity contribution in [3.63, 3.8) is 0 Å². The van der Waals surface area contributed by atoms with Crippen molar-refractivity contribution in [1.29, 1.82) is 0 Å². The third-order valence-corrected chi connectivity index (χ3v) is 27.6. The number of halogens is 9. The van der Waals surface area contributed by atoms with Crippen LogP contribution in [0.15, 0.2) is 79.6 Å². The third kappa shape index (κ3) is 25.5. The summed E-state index contributed by atoms with van der Waals surface area (Å²) in [6.45, 7) is 30.7. The van der Waals surface area contributed by atoms with E-state index in [0.717, 1.165) is 66.1 Å². The number of ether oxygens (including phenoxy) is 4. The SMILES string of the molecule is C.C.C.C.COC/C=C/C(=O)N1CCN(c2nc(OC[C@@H]3CC(C)(F)CN3C)nc3c2CCN(c2c(C(F)(F)F)c(C)cc4[nH]ncc24)C3)CC1.Cc1cc2[nH]ncc2c(N2CCc3c(nc(OC[C@@H]4CC(C)(F)CN4C)nc3N3CCN(C(=O)/C=C/CO)CC3)C2)c1C(F)(F)F.S.S.S.[C-]#[N+]C[C@H]1CN(c2nc(OC[C@@H]3CCCN3C)nc3c2CCN(c2c(C)c(C)cc4[nH]ccc24)C3)CCN1C(=O)C(=C)F. The summed E-state index contributed by atoms with van der Waals surface area (Å²) in [5, 5.41) is 24.6. The Morgan fingerprint density at radius 1 is 0.545 bits per heavy atom. The summed E-state index contributed by atoms with van der Waals surface area (Å²) in [5.74, 6) is 0.0189. The zero-order chi connectivity index (χ0) is 96.6. The van der Waals surface area contributed by atoms with E-state index in [-0.39, 0.29) is 188 Å². The van der Waals surface area contributed by atoms with E-state index < -0.39 is 52.6 Å². The van der Waals surface area contributed by atoms with Crippen LogP contribution in [0, 0.1) is 34.3 Å². The van der Waals surface area contributed by atoms with E-state index in [1.807, 2.05) is 35.0 Å². The highest BCUT2D eigenvalue weighted by atomic mass is 32.1. The number of likely N-dealkylation sites (tertiary alicyclic amines) is 3. The second-order valence-electron chi connectivity index (χ2n) is 37.4. The maximum atomic E-state index is 14.7. The van der Waals surface area contributed by atoms with Gasteiger partial charge in [0.25, 0.3) is 5.91 Å². The smallest absolute Gasteiger partial charge is 0.418 e. The molecular weight excluding hydrogens is 1920 g/mol. The first-order chi connectivity index (χ1) is 64.9. The van der Waals surface area contributed by atoms with E-state index in [2.05, 4.69) is 89.4 Å². The van der Waals surface area contributed by atoms with Crippen LogP contribution in [0.3, 0.4) is 0 Å². The summed E-state index contributed by atoms with van der Waals surface area (Å²) in [6, 6.07) is 7.27. The lowest BCUT2D eigenvalue weighted by atomic mass is 9.98. The number of aliphatic hydroxyl groups excluding tert-OH is 1. The third-order valence-electron chi connectivity index (χ3n) is 27.6. The van der Waals surface area contributed by atoms with Crippen LogP contribution >= 0.6 is 40.5 Å². The van der Waals surface area contributed by atoms with Gasteiger partial charge >= 0.3 is 30.4 Å². The number of piperazine rings is 3. The van der Waals surface area contributed by atoms with Gasteiger partial charge in [0.05, 0.1) is 95.9 Å². The Labute approximate surface area is 851 Å². The summed E-state index contributed by atoms with van der Waals surface area (Å²) in [7, 11) is 7.36. The molecule has 15 heterocycles. The topological polar surface area (TPSA) is 302 Å². The van der Waals surface area contributed by atoms with Crippen LogP contribution in [0.5, 0.6) is 18.0 Å². The molecule has 3 aromatic carbocycles. The second kappa shape index (κ2) is 48.3. The van der Waals surface area contributed by atoms with Crippen LogP contribution in [-0.2, 0) is 70.4 Å². The van der Waals surface area contributed by atoms with E-state index >= 15 is 0 Å². The van der Waals surface area contributed by atoms with Crippen molar-refractivity contribution < 1.29 is 78.0 Å². The minimum Gasteiger partial charge on any atom is -0.462 e. The largest absolute Gasteiger partial charge is 0.462 e. The van der Waals surface area contributed by atoms with Crippen LogP contribution in [0.25, 0.3) is 37.6 Å². The predicted octanol–water partition coefficient (Wildman–Crippen LogP) is 14.1. The van der Waals surface area contributed by atoms with Gasteiger partial charge in [0.2, 0.25) is 18.4 Å². The van der Waals surface area contributed by atoms with Crippen LogP contribution in [-0.4, -0.2) is 322 Å². The van der Waals surface area contributed by atoms with Gasteiger partial charge in [-0.05, 0) is 148 Å². The lowest BCUT2D eigenvalue weighted by molar-refractivity contribution is -0.138. The minimum atomic E-state index is -4.59. The summed E-state index contributed by atoms with van der Waals surface area (Å²) in [5.41, 5.74) is 6.89. The van der Waals surface area contributed by atoms with Gasteiger partial charge in [-0.1, -0.05) is 48.4 Å². The number of H-pyrrole nitrogens is 3. The lowest BCUT2D eigenvalue weighted by Crippen LogP contribution is -2.57. The number of benzene rings is 3. The number of hydrogen-bond donors (Lipinski definition) is 4. The summed E-state index contributed by atoms with van der Waals surface area (Å²) >= 11 is 0. The molecule has 6 saturated heterocycles. The van der Waals surface area contributed by atoms with Gasteiger partial charge in [-0.15, -0.1) is 0 Å². The van der Waals surface area contributed by atoms with Gasteiger partial charge < -0.3 is 82.9 Å². The molecule has 6 aromatic heterocycles. The number of alkyl halides is 8. The number of anilines is 6. The number of aliphatic hydroxyl groups is 1. The van der Waals surface area contributed by atoms with Crippen LogP contribution < -0.4 is 43.6 Å². The summed E-state index contributed by atoms with van der Waals surface area (Å²) in [6.07, 6.45) is 5.95. The Hall–Kier alpha value is -11.1. The number of carbonyl (C=O) groups is 3. The number of amides is 3. The van der Waals surface area contributed by atoms with Gasteiger partial charge in [-0.2, -0.15) is 107 Å². The molecule has 3 amide bonds. The molecule has 0 bridgehead atoms. The molecule has 6 fully saturated rings. The molecule has 6 atom stereocenters. The molecule has 143 heavy (non-hydrogen) atoms. The number of nitrogens with zero attached hydrogens (tertiary/aromatic N) is 21. The standard InChI is InChI=1S/C32H40F4N8O3.C32H39FN8O2.C31H38F4N8O3.4CH4.3H2S/c1-20-14-24-23(16-37-40-24)28(27(20)32(34,35)36)44-8-7-22-25(17-44)38-30(47-18-21-15-31(2,33)19-41(21)3)39-29(22)43-11-9-42(10-12-43)26(45)6-5-13-46-4;1-20-15-27-25(8-10-35-27)29(21(20)2)39-12-9-26-28(18-39)36-32(43-19-23-7-6-11-38(23)5)37-30(26)40-13-14-41(31(42)22(3)33)24(17-40)16-34-4;1-19-13-23-22(15-36-39-23)27(26(19)31(33,34)35)43-7-6-21-24(16-43)37-29(46-17-20-14-30(2,32)18-40(20)3)38-28(21)42-10-8-41(9-11-42)25(45)5-4-12-44;;;;;;;/h5-6,14,16,21H,7-13,15,17-19H2,1-4H3,(H,37,40);8,10,15,23-24,35H,3,6-7,9,11-14,16-19H2,1-2,5H3;4-5,13,15,20,44H,6-12,14,16-18H2,1-3H3,(H,36,39);4*1H4;3*1H2/b6-5+;;5-4+;;;;;;;/t21-,31?;23-,24-;20-,30?;;;;;;;/m000......./s1. The van der Waals surface area contributed by atoms with Crippen molar-refractivity contribution in [1.82, 2.24) is 84.7 Å². The molecule has 9 aliphatic rings. The van der Waals surface area contributed by atoms with Crippen LogP contribution in [0.1, 0.15) is 136 Å². The molecule has 4 N–H and O–H groups in total. The maximum Gasteiger partial charge on any atom is 0.418 e. The molecule has 44 heteroatoms. The number of aromatic amines is 3. The fourth-order valence-electron chi connectivity index (χ4n) is 20.7. The van der Waals surface area contributed by atoms with E-state index in [0.29, 0.717) is 181 Å². The van der Waals surface area contributed by atoms with Crippen molar-refractivity contribution in [2.45, 2.75) is 184 Å². The average molecular weight is 2060 g/mol. The first-order valence-corrected chi connectivity index (χ1v) is 46.1. The van der Waals surface area contributed by atoms with E-state index in [1.165, 1.54) is 83.7 Å². The Balaban J connectivity index is 0.000000234. The quantitative estimate of drug-likeness (QED) is 0.0278. The average Bonchev–Trinajstić information content (AvgIpc) is 1.73. The fourth-order valence-corrected chi connectivity index (χ4v) is 20.7. The lowest BCUT2D eigenvalue weighted by Gasteiger charge is -2.41. The van der Waals surface area contributed by atoms with Gasteiger partial charge in [0.15, 0.2) is 5.83 Å². The molecule has 0 radical (unpaired) electrons. The molecule has 9 aliphatic heterocycles. The Kier molecular flexibility index (Phi) is 39.0. The summed E-state index contributed by atoms with van der Waals surface area (Å²) < 4.78 is 154. The van der Waals surface area contributed by atoms with Crippen molar-refractivity contribution >= 4 is 125 Å². The number of fused-ring (bicyclic) bond motifs is 6. The molecule has 32 nitrogen and oxygen atoms in total. The number of likely N-dealkylation sites (N-methyl/N-ethyl adjacent to an activating group) is 3. The molecule has 9 aromatic rings. The highest BCUT2D eigenvalue weighted by Gasteiger charge is 2.46. The van der Waals surface area contributed by atoms with E-state index in [1.54, 1.807) is 46.6 Å². The monoisotopic (exact) mass is 2060 g/mol. The predicted molar refractivity (Wildman–Crippen MR) is 555 cm³/mol. The number of hydrogen-bond acceptors (Lipinski definition) is 25. The Bertz CT molecular complexity index is 6040. The first-order valence-electron chi connectivity index (χ1n) is 46.1. The normalized spacial score (nSPS) is 20.9. The molecular formula is C99H139F9N24O8S3. The number of methoxy groups -OCH3 is 1. The van der Waals surface area contributed by atoms with E-state index in [9.17, 15) is 53.9 Å². The maximum absolute atomic E-state index is 14.7. The number of nitrogens with one attached hydrogen (secondary N) is 3. The number of rotatable bonds is 22. The Morgan fingerprint density at radius 3 is 1.36 bits per heavy atom. The number of carbonyl (C=O) groups excluding carboxylic acids is 3. The molecule has 784 valence electrons. The second-order valence-corrected chi connectivity index (χ2v) is 37.4. The Morgan fingerprint density at radius 2 is 0.965 bits per heavy atom. The van der Waals surface area contributed by atoms with Crippen molar-refractivity contribution in [2.75, 3.05) is 208 Å². The molecule has 18 rings (SSSR count). The first kappa shape index (κ1) is 115. The molecule has 2 unspecified atom stereocenters. The zero-order valence-corrected chi connectivity index (χ0v) is 82.8. The fraction of sp³-hybridized carbons (Fsp3) is 0.556. The molecule has 0 aliphatic carbocycles. The number of aryl methyl sites for hydroxylation is 3. The van der Waals surface area contributed by atoms with Gasteiger partial charge in [-0.25, -0.2) is 19.7 Å². The van der Waals surface area contributed by atoms with Crippen LogP contribution in [0.2, 0.25) is 0 Å². The van der Waals surface area contributed by atoms with E-state index in [4.69, 9.17) is 60.5 Å². The van der Waals surface area contributed by atoms with Crippen molar-refractivity contribution in [3.05, 3.63) is 158 Å². The highest BCUT2D eigenvalue weighted by molar-refractivity contribution is 7.59. The zero-order valence-electron chi connectivity index (χ0n) is 79.8. The van der Waals surface area contributed by atoms with Crippen molar-refractivity contribution in [3.8, 4) is 18.0 Å². The highest BCUT2D eigenvalue weighted by Crippen LogP contribution is 2.49. The number of aromatic nitrogens is 11. The minimum absolute atomic E-state index is 0. The van der Waals surface area contributed by atoms with Crippen LogP contribution in [0.4, 0.5) is 74.0 Å². The molecule has 0 saturated carbocycles. The molecule has 0 spiro atoms. The van der Waals surface area contributed by atoms with Gasteiger partial charge in [0.1, 0.15) is 54.7 Å². The van der Waals surface area contributed by atoms with Gasteiger partial charge in [-0.3, -0.25) is 34.4 Å². The van der Waals surface area contributed by atoms with Gasteiger partial charge in [0, 0.05) is 205 Å². The summed E-state index contributed by atoms with van der Waals surface area (Å²) in [4.78, 5) is 96.5.